The minimum absolute atomic E-state index is 0.00875. The number of hydrogen-bond donors (Lipinski definition) is 1. The lowest BCUT2D eigenvalue weighted by Crippen LogP contribution is -2.46. The number of halogens is 1. The van der Waals surface area contributed by atoms with Crippen molar-refractivity contribution >= 4 is 5.97 Å². The van der Waals surface area contributed by atoms with Crippen molar-refractivity contribution in [1.82, 2.24) is 0 Å². The van der Waals surface area contributed by atoms with E-state index in [1.54, 1.807) is 0 Å². The Bertz CT molecular complexity index is 173. The van der Waals surface area contributed by atoms with E-state index in [9.17, 15) is 9.18 Å². The standard InChI is InChI=1S/C9H18FNO2/c1-4-5-9(6-11,7(2)10)8(12)13-3/h7H,4-6,11H2,1-3H3. The van der Waals surface area contributed by atoms with Crippen molar-refractivity contribution in [1.29, 1.82) is 0 Å². The first-order chi connectivity index (χ1) is 6.05. The Kier molecular flexibility index (Phi) is 4.91. The predicted octanol–water partition coefficient (Wildman–Crippen LogP) is 1.26. The Morgan fingerprint density at radius 3 is 2.46 bits per heavy atom. The first kappa shape index (κ1) is 12.4. The van der Waals surface area contributed by atoms with Crippen molar-refractivity contribution in [2.45, 2.75) is 32.9 Å². The number of ether oxygens (including phenoxy) is 1. The van der Waals surface area contributed by atoms with Crippen LogP contribution < -0.4 is 5.73 Å². The summed E-state index contributed by atoms with van der Waals surface area (Å²) in [6.07, 6.45) is -0.140. The fourth-order valence-electron chi connectivity index (χ4n) is 1.46. The van der Waals surface area contributed by atoms with Gasteiger partial charge in [0.05, 0.1) is 7.11 Å². The molecular formula is C9H18FNO2. The maximum absolute atomic E-state index is 13.3. The summed E-state index contributed by atoms with van der Waals surface area (Å²) < 4.78 is 17.8. The van der Waals surface area contributed by atoms with Gasteiger partial charge < -0.3 is 10.5 Å². The highest BCUT2D eigenvalue weighted by molar-refractivity contribution is 5.77. The summed E-state index contributed by atoms with van der Waals surface area (Å²) >= 11 is 0. The van der Waals surface area contributed by atoms with Gasteiger partial charge in [0.2, 0.25) is 0 Å². The van der Waals surface area contributed by atoms with Gasteiger partial charge in [-0.1, -0.05) is 13.3 Å². The highest BCUT2D eigenvalue weighted by Crippen LogP contribution is 2.30. The lowest BCUT2D eigenvalue weighted by molar-refractivity contribution is -0.156. The molecule has 0 fully saturated rings. The molecule has 0 aliphatic heterocycles. The zero-order chi connectivity index (χ0) is 10.5. The van der Waals surface area contributed by atoms with E-state index in [1.807, 2.05) is 6.92 Å². The number of alkyl halides is 1. The fourth-order valence-corrected chi connectivity index (χ4v) is 1.46. The summed E-state index contributed by atoms with van der Waals surface area (Å²) in [7, 11) is 1.25. The summed E-state index contributed by atoms with van der Waals surface area (Å²) in [5.74, 6) is -0.549. The zero-order valence-corrected chi connectivity index (χ0v) is 8.47. The van der Waals surface area contributed by atoms with Crippen LogP contribution >= 0.6 is 0 Å². The third kappa shape index (κ3) is 2.40. The van der Waals surface area contributed by atoms with E-state index >= 15 is 0 Å². The van der Waals surface area contributed by atoms with Gasteiger partial charge in [-0.25, -0.2) is 4.39 Å². The molecule has 0 amide bonds. The molecule has 2 atom stereocenters. The first-order valence-electron chi connectivity index (χ1n) is 4.47. The van der Waals surface area contributed by atoms with E-state index < -0.39 is 17.6 Å². The van der Waals surface area contributed by atoms with E-state index in [-0.39, 0.29) is 6.54 Å². The largest absolute Gasteiger partial charge is 0.468 e. The molecule has 2 N–H and O–H groups in total. The van der Waals surface area contributed by atoms with E-state index in [0.717, 1.165) is 0 Å². The third-order valence-electron chi connectivity index (χ3n) is 2.41. The van der Waals surface area contributed by atoms with Gasteiger partial charge >= 0.3 is 5.97 Å². The number of rotatable bonds is 5. The quantitative estimate of drug-likeness (QED) is 0.666. The maximum Gasteiger partial charge on any atom is 0.316 e. The molecule has 0 saturated carbocycles. The molecule has 0 bridgehead atoms. The number of hydrogen-bond acceptors (Lipinski definition) is 3. The molecule has 0 aromatic heterocycles. The normalized spacial score (nSPS) is 17.6. The highest BCUT2D eigenvalue weighted by atomic mass is 19.1. The Hall–Kier alpha value is -0.640. The monoisotopic (exact) mass is 191 g/mol. The second-order valence-electron chi connectivity index (χ2n) is 3.22. The van der Waals surface area contributed by atoms with Crippen LogP contribution in [0, 0.1) is 5.41 Å². The van der Waals surface area contributed by atoms with Crippen LogP contribution in [0.1, 0.15) is 26.7 Å². The number of carbonyl (C=O) groups excluding carboxylic acids is 1. The average Bonchev–Trinajstić information content (AvgIpc) is 2.12. The number of methoxy groups -OCH3 is 1. The topological polar surface area (TPSA) is 52.3 Å². The third-order valence-corrected chi connectivity index (χ3v) is 2.41. The van der Waals surface area contributed by atoms with Crippen LogP contribution in [0.4, 0.5) is 4.39 Å². The van der Waals surface area contributed by atoms with Gasteiger partial charge in [-0.05, 0) is 13.3 Å². The predicted molar refractivity (Wildman–Crippen MR) is 49.0 cm³/mol. The molecule has 78 valence electrons. The van der Waals surface area contributed by atoms with Crippen LogP contribution in [0.5, 0.6) is 0 Å². The second kappa shape index (κ2) is 5.17. The van der Waals surface area contributed by atoms with E-state index in [2.05, 4.69) is 4.74 Å². The molecule has 4 heteroatoms. The van der Waals surface area contributed by atoms with Gasteiger partial charge in [0.25, 0.3) is 0 Å². The van der Waals surface area contributed by atoms with Gasteiger partial charge in [0.15, 0.2) is 0 Å². The summed E-state index contributed by atoms with van der Waals surface area (Å²) in [6, 6.07) is 0. The van der Waals surface area contributed by atoms with Crippen molar-refractivity contribution in [2.24, 2.45) is 11.1 Å². The Morgan fingerprint density at radius 1 is 1.69 bits per heavy atom. The van der Waals surface area contributed by atoms with Crippen molar-refractivity contribution in [3.8, 4) is 0 Å². The molecule has 0 aromatic rings. The van der Waals surface area contributed by atoms with Crippen molar-refractivity contribution in [2.75, 3.05) is 13.7 Å². The SMILES string of the molecule is CCCC(CN)(C(=O)OC)C(C)F. The van der Waals surface area contributed by atoms with Crippen LogP contribution in [0.15, 0.2) is 0 Å². The maximum atomic E-state index is 13.3. The van der Waals surface area contributed by atoms with Gasteiger partial charge in [0, 0.05) is 6.54 Å². The summed E-state index contributed by atoms with van der Waals surface area (Å²) in [5.41, 5.74) is 4.28. The zero-order valence-electron chi connectivity index (χ0n) is 8.47. The number of esters is 1. The van der Waals surface area contributed by atoms with E-state index in [1.165, 1.54) is 14.0 Å². The minimum atomic E-state index is -1.27. The minimum Gasteiger partial charge on any atom is -0.468 e. The van der Waals surface area contributed by atoms with Gasteiger partial charge in [0.1, 0.15) is 11.6 Å². The van der Waals surface area contributed by atoms with Crippen molar-refractivity contribution < 1.29 is 13.9 Å². The smallest absolute Gasteiger partial charge is 0.316 e. The molecule has 0 rings (SSSR count). The average molecular weight is 191 g/mol. The molecular weight excluding hydrogens is 173 g/mol. The second-order valence-corrected chi connectivity index (χ2v) is 3.22. The van der Waals surface area contributed by atoms with Crippen LogP contribution in [-0.4, -0.2) is 25.8 Å². The molecule has 0 radical (unpaired) electrons. The van der Waals surface area contributed by atoms with Crippen molar-refractivity contribution in [3.63, 3.8) is 0 Å². The van der Waals surface area contributed by atoms with E-state index in [4.69, 9.17) is 5.73 Å². The molecule has 0 heterocycles. The molecule has 0 aliphatic carbocycles. The lowest BCUT2D eigenvalue weighted by Gasteiger charge is -2.30. The summed E-state index contributed by atoms with van der Waals surface area (Å²) in [6.45, 7) is 3.22. The molecule has 0 aromatic carbocycles. The molecule has 0 spiro atoms. The number of carbonyl (C=O) groups is 1. The molecule has 2 unspecified atom stereocenters. The molecule has 0 aliphatic rings. The number of nitrogens with two attached hydrogens (primary N) is 1. The van der Waals surface area contributed by atoms with Crippen molar-refractivity contribution in [3.05, 3.63) is 0 Å². The molecule has 3 nitrogen and oxygen atoms in total. The van der Waals surface area contributed by atoms with Gasteiger partial charge in [-0.15, -0.1) is 0 Å². The summed E-state index contributed by atoms with van der Waals surface area (Å²) in [4.78, 5) is 11.4. The van der Waals surface area contributed by atoms with Crippen LogP contribution in [-0.2, 0) is 9.53 Å². The highest BCUT2D eigenvalue weighted by Gasteiger charge is 2.43. The van der Waals surface area contributed by atoms with E-state index in [0.29, 0.717) is 12.8 Å². The molecule has 0 saturated heterocycles. The van der Waals surface area contributed by atoms with Crippen LogP contribution in [0.25, 0.3) is 0 Å². The first-order valence-corrected chi connectivity index (χ1v) is 4.47. The Morgan fingerprint density at radius 2 is 2.23 bits per heavy atom. The summed E-state index contributed by atoms with van der Waals surface area (Å²) in [5, 5.41) is 0. The van der Waals surface area contributed by atoms with Gasteiger partial charge in [-0.3, -0.25) is 4.79 Å². The van der Waals surface area contributed by atoms with Crippen LogP contribution in [0.2, 0.25) is 0 Å². The fraction of sp³-hybridized carbons (Fsp3) is 0.889. The Balaban J connectivity index is 4.74. The Labute approximate surface area is 78.4 Å². The van der Waals surface area contributed by atoms with Gasteiger partial charge in [-0.2, -0.15) is 0 Å². The lowest BCUT2D eigenvalue weighted by atomic mass is 9.79. The molecule has 13 heavy (non-hydrogen) atoms. The van der Waals surface area contributed by atoms with Crippen LogP contribution in [0.3, 0.4) is 0 Å².